The summed E-state index contributed by atoms with van der Waals surface area (Å²) in [5.74, 6) is 0.256. The van der Waals surface area contributed by atoms with E-state index in [1.807, 2.05) is 18.7 Å². The first kappa shape index (κ1) is 12.8. The molecule has 1 aliphatic heterocycles. The Morgan fingerprint density at radius 1 is 1.41 bits per heavy atom. The van der Waals surface area contributed by atoms with E-state index in [-0.39, 0.29) is 16.9 Å². The lowest BCUT2D eigenvalue weighted by molar-refractivity contribution is -0.149. The van der Waals surface area contributed by atoms with Gasteiger partial charge >= 0.3 is 0 Å². The molecule has 0 radical (unpaired) electrons. The fourth-order valence-corrected chi connectivity index (χ4v) is 2.79. The van der Waals surface area contributed by atoms with Crippen molar-refractivity contribution in [1.82, 2.24) is 4.90 Å². The number of hydrogen-bond donors (Lipinski definition) is 1. The van der Waals surface area contributed by atoms with Crippen molar-refractivity contribution >= 4 is 5.91 Å². The van der Waals surface area contributed by atoms with Crippen molar-refractivity contribution in [3.05, 3.63) is 0 Å². The van der Waals surface area contributed by atoms with E-state index >= 15 is 0 Å². The van der Waals surface area contributed by atoms with Crippen LogP contribution in [0.4, 0.5) is 0 Å². The van der Waals surface area contributed by atoms with E-state index in [1.165, 1.54) is 6.42 Å². The monoisotopic (exact) mass is 240 g/mol. The lowest BCUT2D eigenvalue weighted by Gasteiger charge is -2.44. The summed E-state index contributed by atoms with van der Waals surface area (Å²) in [5.41, 5.74) is 5.71. The summed E-state index contributed by atoms with van der Waals surface area (Å²) in [5, 5.41) is 0. The number of morpholine rings is 1. The largest absolute Gasteiger partial charge is 0.372 e. The molecule has 1 aliphatic carbocycles. The summed E-state index contributed by atoms with van der Waals surface area (Å²) in [6.45, 7) is 6.79. The highest BCUT2D eigenvalue weighted by molar-refractivity contribution is 5.77. The van der Waals surface area contributed by atoms with Gasteiger partial charge in [0.2, 0.25) is 5.91 Å². The van der Waals surface area contributed by atoms with Crippen LogP contribution in [0.5, 0.6) is 0 Å². The van der Waals surface area contributed by atoms with E-state index in [4.69, 9.17) is 10.5 Å². The van der Waals surface area contributed by atoms with Gasteiger partial charge in [0.05, 0.1) is 12.2 Å². The summed E-state index contributed by atoms with van der Waals surface area (Å²) in [6, 6.07) is 0. The molecular weight excluding hydrogens is 216 g/mol. The molecule has 1 amide bonds. The number of hydrogen-bond acceptors (Lipinski definition) is 3. The molecule has 1 heterocycles. The van der Waals surface area contributed by atoms with Gasteiger partial charge in [-0.25, -0.2) is 0 Å². The maximum absolute atomic E-state index is 12.3. The Kier molecular flexibility index (Phi) is 3.46. The predicted octanol–water partition coefficient (Wildman–Crippen LogP) is 1.14. The highest BCUT2D eigenvalue weighted by atomic mass is 16.5. The summed E-state index contributed by atoms with van der Waals surface area (Å²) in [7, 11) is 0. The van der Waals surface area contributed by atoms with Gasteiger partial charge in [0, 0.05) is 19.5 Å². The highest BCUT2D eigenvalue weighted by Gasteiger charge is 2.40. The SMILES string of the molecule is CC1(C)CN(C(=O)CC2(CN)CCC2)CCO1. The number of nitrogens with zero attached hydrogens (tertiary/aromatic N) is 1. The third kappa shape index (κ3) is 2.80. The minimum absolute atomic E-state index is 0.111. The predicted molar refractivity (Wildman–Crippen MR) is 66.6 cm³/mol. The summed E-state index contributed by atoms with van der Waals surface area (Å²) in [6.07, 6.45) is 4.07. The summed E-state index contributed by atoms with van der Waals surface area (Å²) < 4.78 is 5.62. The van der Waals surface area contributed by atoms with Gasteiger partial charge in [0.1, 0.15) is 0 Å². The first-order valence-corrected chi connectivity index (χ1v) is 6.58. The maximum atomic E-state index is 12.3. The molecule has 0 unspecified atom stereocenters. The molecule has 0 aromatic rings. The number of carbonyl (C=O) groups excluding carboxylic acids is 1. The number of amides is 1. The number of rotatable bonds is 3. The molecule has 98 valence electrons. The Labute approximate surface area is 103 Å². The van der Waals surface area contributed by atoms with E-state index in [9.17, 15) is 4.79 Å². The van der Waals surface area contributed by atoms with Crippen LogP contribution < -0.4 is 5.73 Å². The average molecular weight is 240 g/mol. The van der Waals surface area contributed by atoms with Gasteiger partial charge in [-0.1, -0.05) is 6.42 Å². The molecule has 0 aromatic heterocycles. The van der Waals surface area contributed by atoms with Crippen molar-refractivity contribution in [1.29, 1.82) is 0 Å². The summed E-state index contributed by atoms with van der Waals surface area (Å²) in [4.78, 5) is 14.2. The number of ether oxygens (including phenoxy) is 1. The zero-order valence-electron chi connectivity index (χ0n) is 11.0. The molecule has 2 aliphatic rings. The molecule has 0 aromatic carbocycles. The minimum atomic E-state index is -0.205. The Morgan fingerprint density at radius 3 is 2.59 bits per heavy atom. The molecule has 1 saturated heterocycles. The Bertz CT molecular complexity index is 292. The van der Waals surface area contributed by atoms with E-state index in [1.54, 1.807) is 0 Å². The minimum Gasteiger partial charge on any atom is -0.372 e. The molecular formula is C13H24N2O2. The van der Waals surface area contributed by atoms with Crippen molar-refractivity contribution in [3.8, 4) is 0 Å². The second kappa shape index (κ2) is 4.58. The average Bonchev–Trinajstić information content (AvgIpc) is 2.21. The Balaban J connectivity index is 1.91. The van der Waals surface area contributed by atoms with Crippen LogP contribution in [0.15, 0.2) is 0 Å². The lowest BCUT2D eigenvalue weighted by atomic mass is 9.66. The molecule has 0 atom stereocenters. The van der Waals surface area contributed by atoms with Crippen molar-refractivity contribution in [2.75, 3.05) is 26.2 Å². The normalized spacial score (nSPS) is 26.4. The Hall–Kier alpha value is -0.610. The molecule has 2 N–H and O–H groups in total. The van der Waals surface area contributed by atoms with Crippen molar-refractivity contribution in [2.24, 2.45) is 11.1 Å². The van der Waals surface area contributed by atoms with Gasteiger partial charge in [-0.2, -0.15) is 0 Å². The van der Waals surface area contributed by atoms with Gasteiger partial charge in [-0.05, 0) is 38.6 Å². The van der Waals surface area contributed by atoms with Crippen LogP contribution in [0.1, 0.15) is 39.5 Å². The first-order chi connectivity index (χ1) is 7.96. The van der Waals surface area contributed by atoms with Crippen molar-refractivity contribution in [3.63, 3.8) is 0 Å². The molecule has 0 spiro atoms. The van der Waals surface area contributed by atoms with Crippen LogP contribution in [-0.2, 0) is 9.53 Å². The molecule has 1 saturated carbocycles. The molecule has 2 rings (SSSR count). The van der Waals surface area contributed by atoms with Gasteiger partial charge in [-0.15, -0.1) is 0 Å². The quantitative estimate of drug-likeness (QED) is 0.805. The van der Waals surface area contributed by atoms with E-state index in [2.05, 4.69) is 0 Å². The van der Waals surface area contributed by atoms with Gasteiger partial charge in [0.15, 0.2) is 0 Å². The second-order valence-corrected chi connectivity index (χ2v) is 6.16. The van der Waals surface area contributed by atoms with E-state index in [0.29, 0.717) is 26.1 Å². The van der Waals surface area contributed by atoms with E-state index in [0.717, 1.165) is 19.4 Å². The topological polar surface area (TPSA) is 55.6 Å². The Morgan fingerprint density at radius 2 is 2.12 bits per heavy atom. The number of nitrogens with two attached hydrogens (primary N) is 1. The fourth-order valence-electron chi connectivity index (χ4n) is 2.79. The van der Waals surface area contributed by atoms with Crippen LogP contribution in [0.2, 0.25) is 0 Å². The van der Waals surface area contributed by atoms with Gasteiger partial charge < -0.3 is 15.4 Å². The highest BCUT2D eigenvalue weighted by Crippen LogP contribution is 2.43. The van der Waals surface area contributed by atoms with Crippen LogP contribution in [0.3, 0.4) is 0 Å². The molecule has 0 bridgehead atoms. The molecule has 2 fully saturated rings. The zero-order valence-corrected chi connectivity index (χ0v) is 11.0. The zero-order chi connectivity index (χ0) is 12.5. The smallest absolute Gasteiger partial charge is 0.223 e. The van der Waals surface area contributed by atoms with Crippen LogP contribution in [0.25, 0.3) is 0 Å². The second-order valence-electron chi connectivity index (χ2n) is 6.16. The van der Waals surface area contributed by atoms with Crippen LogP contribution >= 0.6 is 0 Å². The van der Waals surface area contributed by atoms with E-state index < -0.39 is 0 Å². The van der Waals surface area contributed by atoms with Crippen LogP contribution in [-0.4, -0.2) is 42.6 Å². The first-order valence-electron chi connectivity index (χ1n) is 6.58. The lowest BCUT2D eigenvalue weighted by Crippen LogP contribution is -2.52. The molecule has 4 heteroatoms. The van der Waals surface area contributed by atoms with Crippen molar-refractivity contribution < 1.29 is 9.53 Å². The van der Waals surface area contributed by atoms with Crippen LogP contribution in [0, 0.1) is 5.41 Å². The van der Waals surface area contributed by atoms with Gasteiger partial charge in [0.25, 0.3) is 0 Å². The summed E-state index contributed by atoms with van der Waals surface area (Å²) >= 11 is 0. The third-order valence-electron chi connectivity index (χ3n) is 4.15. The molecule has 17 heavy (non-hydrogen) atoms. The standard InChI is InChI=1S/C13H24N2O2/c1-12(2)10-15(6-7-17-12)11(16)8-13(9-14)4-3-5-13/h3-10,14H2,1-2H3. The number of carbonyl (C=O) groups is 1. The van der Waals surface area contributed by atoms with Crippen molar-refractivity contribution in [2.45, 2.75) is 45.1 Å². The third-order valence-corrected chi connectivity index (χ3v) is 4.15. The fraction of sp³-hybridized carbons (Fsp3) is 0.923. The molecule has 4 nitrogen and oxygen atoms in total. The maximum Gasteiger partial charge on any atom is 0.223 e. The van der Waals surface area contributed by atoms with Gasteiger partial charge in [-0.3, -0.25) is 4.79 Å².